The third-order valence-electron chi connectivity index (χ3n) is 1.80. The van der Waals surface area contributed by atoms with E-state index in [0.717, 1.165) is 0 Å². The van der Waals surface area contributed by atoms with Gasteiger partial charge in [-0.2, -0.15) is 0 Å². The maximum Gasteiger partial charge on any atom is 0.639 e. The monoisotopic (exact) mass is 206 g/mol. The van der Waals surface area contributed by atoms with Crippen LogP contribution in [0.15, 0.2) is 0 Å². The number of hydrogen-bond donors (Lipinski definition) is 2. The molecule has 1 aliphatic heterocycles. The fourth-order valence-corrected chi connectivity index (χ4v) is 0.953. The zero-order valence-electron chi connectivity index (χ0n) is 8.09. The summed E-state index contributed by atoms with van der Waals surface area (Å²) in [6.07, 6.45) is -0.972. The molecule has 14 heavy (non-hydrogen) atoms. The maximum absolute atomic E-state index is 9.03. The first-order chi connectivity index (χ1) is 6.76. The van der Waals surface area contributed by atoms with Crippen LogP contribution in [0.25, 0.3) is 0 Å². The molecule has 1 unspecified atom stereocenters. The van der Waals surface area contributed by atoms with E-state index in [9.17, 15) is 0 Å². The molecule has 1 fully saturated rings. The van der Waals surface area contributed by atoms with E-state index in [4.69, 9.17) is 28.9 Å². The zero-order chi connectivity index (χ0) is 10.4. The molecule has 0 aliphatic carbocycles. The van der Waals surface area contributed by atoms with Gasteiger partial charge in [-0.15, -0.1) is 0 Å². The summed E-state index contributed by atoms with van der Waals surface area (Å²) < 4.78 is 20.0. The molecule has 1 rings (SSSR count). The van der Waals surface area contributed by atoms with Crippen molar-refractivity contribution in [2.45, 2.75) is 12.2 Å². The van der Waals surface area contributed by atoms with Gasteiger partial charge in [-0.25, -0.2) is 0 Å². The topological polar surface area (TPSA) is 77.4 Å². The summed E-state index contributed by atoms with van der Waals surface area (Å²) in [5, 5.41) is 17.8. The fourth-order valence-electron chi connectivity index (χ4n) is 0.953. The number of methoxy groups -OCH3 is 1. The van der Waals surface area contributed by atoms with E-state index in [2.05, 4.69) is 0 Å². The lowest BCUT2D eigenvalue weighted by Gasteiger charge is -2.24. The van der Waals surface area contributed by atoms with Crippen molar-refractivity contribution >= 4 is 7.32 Å². The SMILES string of the molecule is COC(CO)COB1OCC(O)CO1. The van der Waals surface area contributed by atoms with Crippen molar-refractivity contribution in [2.24, 2.45) is 0 Å². The van der Waals surface area contributed by atoms with Crippen molar-refractivity contribution in [1.82, 2.24) is 0 Å². The van der Waals surface area contributed by atoms with Crippen LogP contribution in [-0.2, 0) is 18.7 Å². The average Bonchev–Trinajstić information content (AvgIpc) is 2.22. The van der Waals surface area contributed by atoms with Gasteiger partial charge in [-0.3, -0.25) is 0 Å². The Balaban J connectivity index is 2.12. The van der Waals surface area contributed by atoms with Crippen LogP contribution in [0.2, 0.25) is 0 Å². The van der Waals surface area contributed by atoms with Gasteiger partial charge in [-0.05, 0) is 0 Å². The molecule has 82 valence electrons. The number of rotatable bonds is 5. The van der Waals surface area contributed by atoms with Crippen LogP contribution in [0, 0.1) is 0 Å². The molecule has 0 aromatic rings. The highest BCUT2D eigenvalue weighted by Crippen LogP contribution is 2.04. The number of aliphatic hydroxyl groups excluding tert-OH is 2. The molecule has 2 N–H and O–H groups in total. The van der Waals surface area contributed by atoms with Crippen LogP contribution in [0.4, 0.5) is 0 Å². The van der Waals surface area contributed by atoms with Crippen molar-refractivity contribution in [1.29, 1.82) is 0 Å². The standard InChI is InChI=1S/C7H15BO6/c1-11-7(2-9)5-14-8-12-3-6(10)4-13-8/h6-7,9-10H,2-5H2,1H3. The molecule has 0 bridgehead atoms. The maximum atomic E-state index is 9.03. The van der Waals surface area contributed by atoms with Gasteiger partial charge in [0.1, 0.15) is 6.10 Å². The highest BCUT2D eigenvalue weighted by atomic mass is 16.7. The summed E-state index contributed by atoms with van der Waals surface area (Å²) in [4.78, 5) is 0. The molecule has 1 aliphatic rings. The molecule has 0 radical (unpaired) electrons. The largest absolute Gasteiger partial charge is 0.639 e. The van der Waals surface area contributed by atoms with E-state index in [0.29, 0.717) is 0 Å². The minimum Gasteiger partial charge on any atom is -0.394 e. The zero-order valence-corrected chi connectivity index (χ0v) is 8.09. The van der Waals surface area contributed by atoms with Gasteiger partial charge < -0.3 is 28.9 Å². The molecule has 1 heterocycles. The first-order valence-corrected chi connectivity index (χ1v) is 4.42. The minimum absolute atomic E-state index is 0.119. The predicted molar refractivity (Wildman–Crippen MR) is 47.5 cm³/mol. The van der Waals surface area contributed by atoms with Crippen molar-refractivity contribution in [2.75, 3.05) is 33.5 Å². The molecular weight excluding hydrogens is 191 g/mol. The smallest absolute Gasteiger partial charge is 0.394 e. The minimum atomic E-state index is -0.775. The summed E-state index contributed by atoms with van der Waals surface area (Å²) in [7, 11) is 0.707. The lowest BCUT2D eigenvalue weighted by Crippen LogP contribution is -2.42. The van der Waals surface area contributed by atoms with E-state index < -0.39 is 13.4 Å². The van der Waals surface area contributed by atoms with Gasteiger partial charge in [0.15, 0.2) is 0 Å². The summed E-state index contributed by atoms with van der Waals surface area (Å²) in [6.45, 7) is 0.461. The fraction of sp³-hybridized carbons (Fsp3) is 1.00. The van der Waals surface area contributed by atoms with Gasteiger partial charge in [-0.1, -0.05) is 0 Å². The lowest BCUT2D eigenvalue weighted by atomic mass is 10.1. The van der Waals surface area contributed by atoms with Gasteiger partial charge in [0.05, 0.1) is 32.5 Å². The highest BCUT2D eigenvalue weighted by molar-refractivity contribution is 6.36. The van der Waals surface area contributed by atoms with Crippen molar-refractivity contribution < 1.29 is 28.9 Å². The summed E-state index contributed by atoms with van der Waals surface area (Å²) >= 11 is 0. The van der Waals surface area contributed by atoms with Crippen molar-refractivity contribution in [3.63, 3.8) is 0 Å². The molecule has 1 atom stereocenters. The molecule has 6 nitrogen and oxygen atoms in total. The third-order valence-corrected chi connectivity index (χ3v) is 1.80. The van der Waals surface area contributed by atoms with E-state index >= 15 is 0 Å². The Morgan fingerprint density at radius 1 is 1.50 bits per heavy atom. The van der Waals surface area contributed by atoms with Crippen LogP contribution in [0.3, 0.4) is 0 Å². The van der Waals surface area contributed by atoms with Crippen molar-refractivity contribution in [3.05, 3.63) is 0 Å². The molecule has 0 aromatic heterocycles. The van der Waals surface area contributed by atoms with E-state index in [1.165, 1.54) is 7.11 Å². The molecule has 0 saturated carbocycles. The van der Waals surface area contributed by atoms with E-state index in [-0.39, 0.29) is 32.5 Å². The van der Waals surface area contributed by atoms with Gasteiger partial charge in [0.2, 0.25) is 0 Å². The molecule has 0 aromatic carbocycles. The Kier molecular flexibility index (Phi) is 5.38. The first-order valence-electron chi connectivity index (χ1n) is 4.42. The third kappa shape index (κ3) is 3.91. The molecule has 1 saturated heterocycles. The van der Waals surface area contributed by atoms with Crippen LogP contribution >= 0.6 is 0 Å². The summed E-state index contributed by atoms with van der Waals surface area (Å²) in [5.41, 5.74) is 0. The quantitative estimate of drug-likeness (QED) is 0.527. The van der Waals surface area contributed by atoms with E-state index in [1.807, 2.05) is 0 Å². The lowest BCUT2D eigenvalue weighted by molar-refractivity contribution is -0.0500. The molecule has 0 spiro atoms. The number of aliphatic hydroxyl groups is 2. The van der Waals surface area contributed by atoms with Crippen LogP contribution < -0.4 is 0 Å². The Morgan fingerprint density at radius 3 is 2.64 bits per heavy atom. The average molecular weight is 206 g/mol. The van der Waals surface area contributed by atoms with Gasteiger partial charge in [0.25, 0.3) is 0 Å². The number of ether oxygens (including phenoxy) is 1. The normalized spacial score (nSPS) is 21.2. The predicted octanol–water partition coefficient (Wildman–Crippen LogP) is -1.60. The second-order valence-electron chi connectivity index (χ2n) is 2.98. The Hall–Kier alpha value is -0.175. The van der Waals surface area contributed by atoms with Crippen LogP contribution in [0.1, 0.15) is 0 Å². The van der Waals surface area contributed by atoms with Crippen molar-refractivity contribution in [3.8, 4) is 0 Å². The second-order valence-corrected chi connectivity index (χ2v) is 2.98. The Labute approximate surface area is 82.9 Å². The molecule has 0 amide bonds. The Bertz CT molecular complexity index is 145. The van der Waals surface area contributed by atoms with E-state index in [1.54, 1.807) is 0 Å². The Morgan fingerprint density at radius 2 is 2.14 bits per heavy atom. The van der Waals surface area contributed by atoms with Crippen LogP contribution in [0.5, 0.6) is 0 Å². The van der Waals surface area contributed by atoms with Crippen LogP contribution in [-0.4, -0.2) is 63.3 Å². The second kappa shape index (κ2) is 6.33. The molecular formula is C7H15BO6. The van der Waals surface area contributed by atoms with Gasteiger partial charge >= 0.3 is 7.32 Å². The number of hydrogen-bond acceptors (Lipinski definition) is 6. The summed E-state index contributed by atoms with van der Waals surface area (Å²) in [5.74, 6) is 0. The first kappa shape index (κ1) is 11.9. The van der Waals surface area contributed by atoms with Gasteiger partial charge in [0, 0.05) is 7.11 Å². The molecule has 7 heteroatoms. The summed E-state index contributed by atoms with van der Waals surface area (Å²) in [6, 6.07) is 0. The highest BCUT2D eigenvalue weighted by Gasteiger charge is 2.29.